The second-order valence-electron chi connectivity index (χ2n) is 8.29. The highest BCUT2D eigenvalue weighted by Gasteiger charge is 2.24. The van der Waals surface area contributed by atoms with E-state index in [0.717, 1.165) is 32.2 Å². The van der Waals surface area contributed by atoms with Crippen molar-refractivity contribution >= 4 is 11.8 Å². The van der Waals surface area contributed by atoms with Crippen LogP contribution in [0.1, 0.15) is 74.6 Å². The molecule has 0 aromatic carbocycles. The number of methoxy groups -OCH3 is 1. The van der Waals surface area contributed by atoms with Gasteiger partial charge in [0.15, 0.2) is 0 Å². The molecule has 0 saturated heterocycles. The third-order valence-electron chi connectivity index (χ3n) is 6.18. The topological polar surface area (TPSA) is 80.3 Å². The molecule has 2 fully saturated rings. The average Bonchev–Trinajstić information content (AvgIpc) is 2.74. The maximum absolute atomic E-state index is 12.3. The van der Waals surface area contributed by atoms with Gasteiger partial charge in [-0.1, -0.05) is 19.3 Å². The quantitative estimate of drug-likeness (QED) is 0.751. The Morgan fingerprint density at radius 2 is 1.79 bits per heavy atom. The van der Waals surface area contributed by atoms with E-state index < -0.39 is 0 Å². The van der Waals surface area contributed by atoms with Crippen molar-refractivity contribution in [3.63, 3.8) is 0 Å². The molecule has 1 heterocycles. The first-order chi connectivity index (χ1) is 13.6. The van der Waals surface area contributed by atoms with Crippen LogP contribution < -0.4 is 15.4 Å². The summed E-state index contributed by atoms with van der Waals surface area (Å²) in [6.45, 7) is 0.772. The smallest absolute Gasteiger partial charge is 0.253 e. The van der Waals surface area contributed by atoms with Gasteiger partial charge in [0, 0.05) is 31.3 Å². The minimum Gasteiger partial charge on any atom is -0.481 e. The second kappa shape index (κ2) is 10.4. The highest BCUT2D eigenvalue weighted by molar-refractivity contribution is 5.94. The van der Waals surface area contributed by atoms with Crippen LogP contribution in [0.2, 0.25) is 0 Å². The van der Waals surface area contributed by atoms with Gasteiger partial charge in [0.1, 0.15) is 0 Å². The molecule has 6 heteroatoms. The van der Waals surface area contributed by atoms with Crippen LogP contribution in [0.3, 0.4) is 0 Å². The SMILES string of the molecule is COc1ccc(C(=O)NC2CCC(CNC(=O)CC3CCCCC3)CC2)cn1. The lowest BCUT2D eigenvalue weighted by atomic mass is 9.85. The van der Waals surface area contributed by atoms with Crippen LogP contribution in [0.5, 0.6) is 5.88 Å². The number of carbonyl (C=O) groups is 2. The molecular formula is C22H33N3O3. The fraction of sp³-hybridized carbons (Fsp3) is 0.682. The molecule has 2 aliphatic rings. The summed E-state index contributed by atoms with van der Waals surface area (Å²) in [6.07, 6.45) is 12.5. The standard InChI is InChI=1S/C22H33N3O3/c1-28-21-12-9-18(15-24-21)22(27)25-19-10-7-17(8-11-19)14-23-20(26)13-16-5-3-2-4-6-16/h9,12,15-17,19H,2-8,10-11,13-14H2,1H3,(H,23,26)(H,25,27). The number of nitrogens with one attached hydrogen (secondary N) is 2. The lowest BCUT2D eigenvalue weighted by Crippen LogP contribution is -2.40. The maximum atomic E-state index is 12.3. The summed E-state index contributed by atoms with van der Waals surface area (Å²) >= 11 is 0. The van der Waals surface area contributed by atoms with Gasteiger partial charge < -0.3 is 15.4 Å². The van der Waals surface area contributed by atoms with E-state index in [1.165, 1.54) is 32.1 Å². The number of rotatable bonds is 7. The number of aromatic nitrogens is 1. The molecule has 2 N–H and O–H groups in total. The zero-order valence-corrected chi connectivity index (χ0v) is 16.9. The third kappa shape index (κ3) is 6.21. The number of nitrogens with zero attached hydrogens (tertiary/aromatic N) is 1. The van der Waals surface area contributed by atoms with Crippen molar-refractivity contribution in [3.05, 3.63) is 23.9 Å². The molecule has 0 radical (unpaired) electrons. The van der Waals surface area contributed by atoms with Crippen LogP contribution in [0, 0.1) is 11.8 Å². The van der Waals surface area contributed by atoms with E-state index in [1.54, 1.807) is 25.4 Å². The molecule has 2 saturated carbocycles. The van der Waals surface area contributed by atoms with Gasteiger partial charge in [-0.3, -0.25) is 9.59 Å². The summed E-state index contributed by atoms with van der Waals surface area (Å²) in [5, 5.41) is 6.25. The third-order valence-corrected chi connectivity index (χ3v) is 6.18. The fourth-order valence-corrected chi connectivity index (χ4v) is 4.40. The van der Waals surface area contributed by atoms with Crippen molar-refractivity contribution in [1.29, 1.82) is 0 Å². The molecule has 1 aromatic heterocycles. The number of ether oxygens (including phenoxy) is 1. The minimum absolute atomic E-state index is 0.0839. The number of hydrogen-bond donors (Lipinski definition) is 2. The van der Waals surface area contributed by atoms with Crippen molar-refractivity contribution in [2.45, 2.75) is 70.3 Å². The van der Waals surface area contributed by atoms with Crippen LogP contribution in [0.15, 0.2) is 18.3 Å². The maximum Gasteiger partial charge on any atom is 0.253 e. The Labute approximate surface area is 167 Å². The van der Waals surface area contributed by atoms with Gasteiger partial charge in [-0.05, 0) is 56.4 Å². The summed E-state index contributed by atoms with van der Waals surface area (Å²) < 4.78 is 5.02. The van der Waals surface area contributed by atoms with Gasteiger partial charge in [-0.15, -0.1) is 0 Å². The fourth-order valence-electron chi connectivity index (χ4n) is 4.40. The molecule has 0 unspecified atom stereocenters. The highest BCUT2D eigenvalue weighted by Crippen LogP contribution is 2.27. The van der Waals surface area contributed by atoms with Crippen molar-refractivity contribution in [3.8, 4) is 5.88 Å². The van der Waals surface area contributed by atoms with Gasteiger partial charge in [-0.25, -0.2) is 4.98 Å². The van der Waals surface area contributed by atoms with Crippen LogP contribution in [-0.4, -0.2) is 36.5 Å². The molecule has 154 valence electrons. The first-order valence-electron chi connectivity index (χ1n) is 10.7. The Bertz CT molecular complexity index is 633. The number of carbonyl (C=O) groups excluding carboxylic acids is 2. The zero-order valence-electron chi connectivity index (χ0n) is 16.9. The summed E-state index contributed by atoms with van der Waals surface area (Å²) in [5.41, 5.74) is 0.554. The van der Waals surface area contributed by atoms with Crippen LogP contribution in [0.4, 0.5) is 0 Å². The van der Waals surface area contributed by atoms with Gasteiger partial charge in [-0.2, -0.15) is 0 Å². The lowest BCUT2D eigenvalue weighted by Gasteiger charge is -2.29. The molecule has 0 aliphatic heterocycles. The van der Waals surface area contributed by atoms with Crippen molar-refractivity contribution in [2.75, 3.05) is 13.7 Å². The number of hydrogen-bond acceptors (Lipinski definition) is 4. The van der Waals surface area contributed by atoms with E-state index >= 15 is 0 Å². The average molecular weight is 388 g/mol. The monoisotopic (exact) mass is 387 g/mol. The minimum atomic E-state index is -0.0839. The Morgan fingerprint density at radius 3 is 2.43 bits per heavy atom. The first kappa shape index (κ1) is 20.6. The summed E-state index contributed by atoms with van der Waals surface area (Å²) in [5.74, 6) is 1.74. The summed E-state index contributed by atoms with van der Waals surface area (Å²) in [6, 6.07) is 3.62. The van der Waals surface area contributed by atoms with E-state index in [-0.39, 0.29) is 17.9 Å². The normalized spacial score (nSPS) is 23.0. The number of amides is 2. The molecule has 0 spiro atoms. The predicted molar refractivity (Wildman–Crippen MR) is 108 cm³/mol. The Hall–Kier alpha value is -2.11. The Kier molecular flexibility index (Phi) is 7.69. The second-order valence-corrected chi connectivity index (χ2v) is 8.29. The molecule has 6 nitrogen and oxygen atoms in total. The van der Waals surface area contributed by atoms with E-state index in [2.05, 4.69) is 15.6 Å². The Morgan fingerprint density at radius 1 is 1.04 bits per heavy atom. The molecule has 1 aromatic rings. The van der Waals surface area contributed by atoms with Gasteiger partial charge in [0.05, 0.1) is 12.7 Å². The first-order valence-corrected chi connectivity index (χ1v) is 10.7. The molecule has 2 aliphatic carbocycles. The molecular weight excluding hydrogens is 354 g/mol. The van der Waals surface area contributed by atoms with Crippen LogP contribution in [0.25, 0.3) is 0 Å². The van der Waals surface area contributed by atoms with Gasteiger partial charge in [0.2, 0.25) is 11.8 Å². The van der Waals surface area contributed by atoms with Gasteiger partial charge in [0.25, 0.3) is 5.91 Å². The zero-order chi connectivity index (χ0) is 19.8. The van der Waals surface area contributed by atoms with E-state index in [4.69, 9.17) is 4.74 Å². The molecule has 2 amide bonds. The van der Waals surface area contributed by atoms with Gasteiger partial charge >= 0.3 is 0 Å². The van der Waals surface area contributed by atoms with E-state index in [9.17, 15) is 9.59 Å². The van der Waals surface area contributed by atoms with Crippen molar-refractivity contribution in [2.24, 2.45) is 11.8 Å². The largest absolute Gasteiger partial charge is 0.481 e. The highest BCUT2D eigenvalue weighted by atomic mass is 16.5. The lowest BCUT2D eigenvalue weighted by molar-refractivity contribution is -0.122. The van der Waals surface area contributed by atoms with Crippen LogP contribution in [-0.2, 0) is 4.79 Å². The van der Waals surface area contributed by atoms with E-state index in [1.807, 2.05) is 0 Å². The number of pyridine rings is 1. The van der Waals surface area contributed by atoms with Crippen molar-refractivity contribution in [1.82, 2.24) is 15.6 Å². The molecule has 0 bridgehead atoms. The Balaban J connectivity index is 1.33. The predicted octanol–water partition coefficient (Wildman–Crippen LogP) is 3.47. The van der Waals surface area contributed by atoms with E-state index in [0.29, 0.717) is 29.7 Å². The summed E-state index contributed by atoms with van der Waals surface area (Å²) in [7, 11) is 1.55. The molecule has 0 atom stereocenters. The summed E-state index contributed by atoms with van der Waals surface area (Å²) in [4.78, 5) is 28.6. The van der Waals surface area contributed by atoms with Crippen LogP contribution >= 0.6 is 0 Å². The molecule has 28 heavy (non-hydrogen) atoms. The molecule has 3 rings (SSSR count). The van der Waals surface area contributed by atoms with Crippen molar-refractivity contribution < 1.29 is 14.3 Å².